The van der Waals surface area contributed by atoms with E-state index < -0.39 is 0 Å². The Morgan fingerprint density at radius 2 is 1.44 bits per heavy atom. The fourth-order valence-corrected chi connectivity index (χ4v) is 5.53. The number of aryl methyl sites for hydroxylation is 1. The first-order valence-electron chi connectivity index (χ1n) is 12.3. The summed E-state index contributed by atoms with van der Waals surface area (Å²) >= 11 is 0. The van der Waals surface area contributed by atoms with Crippen molar-refractivity contribution in [2.45, 2.75) is 64.6 Å². The van der Waals surface area contributed by atoms with Crippen molar-refractivity contribution in [1.82, 2.24) is 14.4 Å². The fourth-order valence-electron chi connectivity index (χ4n) is 5.53. The van der Waals surface area contributed by atoms with E-state index in [1.54, 1.807) is 0 Å². The number of aromatic nitrogens is 1. The molecule has 2 heterocycles. The van der Waals surface area contributed by atoms with E-state index in [0.717, 1.165) is 51.9 Å². The lowest BCUT2D eigenvalue weighted by molar-refractivity contribution is -0.139. The Balaban J connectivity index is 1.34. The minimum Gasteiger partial charge on any atom is -0.340 e. The van der Waals surface area contributed by atoms with Gasteiger partial charge in [0.05, 0.1) is 0 Å². The fraction of sp³-hybridized carbons (Fsp3) is 0.519. The van der Waals surface area contributed by atoms with Gasteiger partial charge in [0.25, 0.3) is 0 Å². The number of nitrogens with two attached hydrogens (primary N) is 1. The van der Waals surface area contributed by atoms with Gasteiger partial charge in [-0.05, 0) is 51.8 Å². The largest absolute Gasteiger partial charge is 0.340 e. The molecule has 0 radical (unpaired) electrons. The van der Waals surface area contributed by atoms with Crippen LogP contribution in [-0.2, 0) is 11.3 Å². The van der Waals surface area contributed by atoms with Crippen molar-refractivity contribution in [3.8, 4) is 0 Å². The molecule has 5 nitrogen and oxygen atoms in total. The first kappa shape index (κ1) is 22.8. The van der Waals surface area contributed by atoms with E-state index in [1.807, 2.05) is 0 Å². The summed E-state index contributed by atoms with van der Waals surface area (Å²) in [5.41, 5.74) is 8.21. The second kappa shape index (κ2) is 10.5. The van der Waals surface area contributed by atoms with Gasteiger partial charge in [-0.15, -0.1) is 0 Å². The molecule has 1 aliphatic heterocycles. The lowest BCUT2D eigenvalue weighted by atomic mass is 10.1. The lowest BCUT2D eigenvalue weighted by Gasteiger charge is -2.44. The quantitative estimate of drug-likeness (QED) is 0.500. The summed E-state index contributed by atoms with van der Waals surface area (Å²) in [6.07, 6.45) is 4.78. The predicted molar refractivity (Wildman–Crippen MR) is 134 cm³/mol. The number of para-hydroxylation sites is 2. The Morgan fingerprint density at radius 1 is 0.844 bits per heavy atom. The van der Waals surface area contributed by atoms with Crippen LogP contribution < -0.4 is 5.73 Å². The molecule has 1 saturated heterocycles. The Bertz CT molecular complexity index is 977. The molecule has 2 N–H and O–H groups in total. The molecular weight excluding hydrogens is 396 g/mol. The molecule has 0 bridgehead atoms. The molecule has 0 spiro atoms. The van der Waals surface area contributed by atoms with Crippen molar-refractivity contribution in [2.24, 2.45) is 5.73 Å². The predicted octanol–water partition coefficient (Wildman–Crippen LogP) is 4.62. The number of amides is 1. The number of hydrogen-bond acceptors (Lipinski definition) is 3. The molecule has 172 valence electrons. The van der Waals surface area contributed by atoms with E-state index in [2.05, 4.69) is 76.7 Å². The van der Waals surface area contributed by atoms with Crippen molar-refractivity contribution in [3.63, 3.8) is 0 Å². The maximum absolute atomic E-state index is 12.8. The second-order valence-corrected chi connectivity index (χ2v) is 9.40. The van der Waals surface area contributed by atoms with Crippen LogP contribution in [0.1, 0.15) is 46.0 Å². The normalized spacial score (nSPS) is 19.8. The Hall–Kier alpha value is -2.37. The molecule has 5 heteroatoms. The molecule has 0 unspecified atom stereocenters. The molecule has 4 rings (SSSR count). The van der Waals surface area contributed by atoms with Crippen molar-refractivity contribution < 1.29 is 4.79 Å². The SMILES string of the molecule is C[C@@H]1CN(CCCn2c3ccccc3c3ccccc32)C[C@H](C)N1C(=O)CCCCCN. The molecule has 2 aromatic carbocycles. The average molecular weight is 435 g/mol. The highest BCUT2D eigenvalue weighted by atomic mass is 16.2. The van der Waals surface area contributed by atoms with Crippen LogP contribution >= 0.6 is 0 Å². The van der Waals surface area contributed by atoms with Crippen molar-refractivity contribution in [1.29, 1.82) is 0 Å². The van der Waals surface area contributed by atoms with Crippen LogP contribution in [0.3, 0.4) is 0 Å². The highest BCUT2D eigenvalue weighted by Crippen LogP contribution is 2.29. The molecule has 3 aromatic rings. The van der Waals surface area contributed by atoms with Crippen LogP contribution in [0.4, 0.5) is 0 Å². The molecule has 1 aromatic heterocycles. The monoisotopic (exact) mass is 434 g/mol. The maximum Gasteiger partial charge on any atom is 0.223 e. The van der Waals surface area contributed by atoms with Crippen LogP contribution in [0, 0.1) is 0 Å². The van der Waals surface area contributed by atoms with Crippen LogP contribution in [-0.4, -0.2) is 58.5 Å². The number of fused-ring (bicyclic) bond motifs is 3. The minimum absolute atomic E-state index is 0.272. The summed E-state index contributed by atoms with van der Waals surface area (Å²) in [5.74, 6) is 0.312. The van der Waals surface area contributed by atoms with Crippen LogP contribution in [0.15, 0.2) is 48.5 Å². The lowest BCUT2D eigenvalue weighted by Crippen LogP contribution is -2.58. The van der Waals surface area contributed by atoms with Crippen LogP contribution in [0.25, 0.3) is 21.8 Å². The van der Waals surface area contributed by atoms with Gasteiger partial charge >= 0.3 is 0 Å². The van der Waals surface area contributed by atoms with Gasteiger partial charge in [-0.25, -0.2) is 0 Å². The summed E-state index contributed by atoms with van der Waals surface area (Å²) in [7, 11) is 0. The van der Waals surface area contributed by atoms with E-state index in [-0.39, 0.29) is 12.1 Å². The van der Waals surface area contributed by atoms with Gasteiger partial charge in [0.2, 0.25) is 5.91 Å². The van der Waals surface area contributed by atoms with Gasteiger partial charge in [-0.1, -0.05) is 42.8 Å². The number of hydrogen-bond donors (Lipinski definition) is 1. The smallest absolute Gasteiger partial charge is 0.223 e. The third-order valence-corrected chi connectivity index (χ3v) is 6.91. The van der Waals surface area contributed by atoms with E-state index in [4.69, 9.17) is 5.73 Å². The first-order chi connectivity index (χ1) is 15.6. The van der Waals surface area contributed by atoms with Crippen molar-refractivity contribution in [3.05, 3.63) is 48.5 Å². The topological polar surface area (TPSA) is 54.5 Å². The first-order valence-corrected chi connectivity index (χ1v) is 12.3. The highest BCUT2D eigenvalue weighted by molar-refractivity contribution is 6.07. The van der Waals surface area contributed by atoms with E-state index in [0.29, 0.717) is 18.9 Å². The van der Waals surface area contributed by atoms with Gasteiger partial charge in [0.15, 0.2) is 0 Å². The summed E-state index contributed by atoms with van der Waals surface area (Å²) < 4.78 is 2.47. The standard InChI is InChI=1S/C27H38N4O/c1-21-19-29(20-22(2)31(21)27(32)15-4-3-9-16-28)17-10-18-30-25-13-7-5-11-23(25)24-12-6-8-14-26(24)30/h5-8,11-14,21-22H,3-4,9-10,15-20,28H2,1-2H3/t21-,22+. The molecule has 32 heavy (non-hydrogen) atoms. The maximum atomic E-state index is 12.8. The van der Waals surface area contributed by atoms with Gasteiger partial charge < -0.3 is 15.2 Å². The van der Waals surface area contributed by atoms with Crippen LogP contribution in [0.5, 0.6) is 0 Å². The van der Waals surface area contributed by atoms with E-state index >= 15 is 0 Å². The highest BCUT2D eigenvalue weighted by Gasteiger charge is 2.32. The minimum atomic E-state index is 0.272. The van der Waals surface area contributed by atoms with Crippen molar-refractivity contribution >= 4 is 27.7 Å². The van der Waals surface area contributed by atoms with Crippen molar-refractivity contribution in [2.75, 3.05) is 26.2 Å². The summed E-state index contributed by atoms with van der Waals surface area (Å²) in [6.45, 7) is 9.12. The molecule has 0 aliphatic carbocycles. The molecule has 1 fully saturated rings. The number of carbonyl (C=O) groups excluding carboxylic acids is 1. The van der Waals surface area contributed by atoms with Gasteiger partial charge in [0.1, 0.15) is 0 Å². The zero-order chi connectivity index (χ0) is 22.5. The third kappa shape index (κ3) is 4.84. The van der Waals surface area contributed by atoms with Gasteiger partial charge in [0, 0.05) is 66.5 Å². The zero-order valence-corrected chi connectivity index (χ0v) is 19.7. The summed E-state index contributed by atoms with van der Waals surface area (Å²) in [6, 6.07) is 18.0. The molecule has 1 aliphatic rings. The Labute approximate surface area is 192 Å². The molecular formula is C27H38N4O. The number of carbonyl (C=O) groups is 1. The number of nitrogens with zero attached hydrogens (tertiary/aromatic N) is 3. The number of benzene rings is 2. The van der Waals surface area contributed by atoms with Gasteiger partial charge in [-0.3, -0.25) is 9.69 Å². The van der Waals surface area contributed by atoms with E-state index in [9.17, 15) is 4.79 Å². The number of rotatable bonds is 9. The number of unbranched alkanes of at least 4 members (excludes halogenated alkanes) is 2. The summed E-state index contributed by atoms with van der Waals surface area (Å²) in [5, 5.41) is 2.67. The van der Waals surface area contributed by atoms with Crippen LogP contribution in [0.2, 0.25) is 0 Å². The average Bonchev–Trinajstić information content (AvgIpc) is 3.10. The van der Waals surface area contributed by atoms with E-state index in [1.165, 1.54) is 21.8 Å². The second-order valence-electron chi connectivity index (χ2n) is 9.40. The zero-order valence-electron chi connectivity index (χ0n) is 19.7. The summed E-state index contributed by atoms with van der Waals surface area (Å²) in [4.78, 5) is 17.5. The molecule has 1 amide bonds. The van der Waals surface area contributed by atoms with Gasteiger partial charge in [-0.2, -0.15) is 0 Å². The third-order valence-electron chi connectivity index (χ3n) is 6.91. The Kier molecular flexibility index (Phi) is 7.48. The number of piperazine rings is 1. The molecule has 0 saturated carbocycles. The molecule has 2 atom stereocenters. The Morgan fingerprint density at radius 3 is 2.03 bits per heavy atom.